The Labute approximate surface area is 125 Å². The molecule has 0 aromatic carbocycles. The third-order valence-corrected chi connectivity index (χ3v) is 6.68. The van der Waals surface area contributed by atoms with Crippen LogP contribution in [0, 0.1) is 6.92 Å². The lowest BCUT2D eigenvalue weighted by atomic mass is 10.1. The summed E-state index contributed by atoms with van der Waals surface area (Å²) in [6, 6.07) is 0. The van der Waals surface area contributed by atoms with Crippen LogP contribution in [0.2, 0.25) is 0 Å². The number of hydrogen-bond donors (Lipinski definition) is 2. The number of H-pyrrole nitrogens is 1. The van der Waals surface area contributed by atoms with Crippen LogP contribution in [-0.4, -0.2) is 54.6 Å². The quantitative estimate of drug-likeness (QED) is 0.781. The van der Waals surface area contributed by atoms with E-state index in [1.807, 2.05) is 0 Å². The zero-order valence-corrected chi connectivity index (χ0v) is 13.0. The number of sulfonamides is 1. The van der Waals surface area contributed by atoms with E-state index in [-0.39, 0.29) is 30.0 Å². The number of aromatic nitrogens is 1. The van der Waals surface area contributed by atoms with Gasteiger partial charge in [0.1, 0.15) is 6.61 Å². The minimum atomic E-state index is -3.68. The van der Waals surface area contributed by atoms with Crippen molar-refractivity contribution in [2.45, 2.75) is 30.1 Å². The van der Waals surface area contributed by atoms with Crippen molar-refractivity contribution in [3.05, 3.63) is 15.4 Å². The van der Waals surface area contributed by atoms with Crippen LogP contribution in [0.4, 0.5) is 0 Å². The molecule has 1 saturated heterocycles. The molecular weight excluding hydrogens is 320 g/mol. The Morgan fingerprint density at radius 1 is 1.48 bits per heavy atom. The second-order valence-corrected chi connectivity index (χ2v) is 7.85. The highest BCUT2D eigenvalue weighted by Gasteiger charge is 2.32. The molecule has 0 bridgehead atoms. The number of nitrogens with one attached hydrogen (secondary N) is 1. The second-order valence-electron chi connectivity index (χ2n) is 4.74. The Bertz CT molecular complexity index is 669. The van der Waals surface area contributed by atoms with Gasteiger partial charge in [0.05, 0.1) is 6.10 Å². The first kappa shape index (κ1) is 16.1. The van der Waals surface area contributed by atoms with Crippen LogP contribution in [-0.2, 0) is 19.6 Å². The number of aliphatic carboxylic acids is 1. The van der Waals surface area contributed by atoms with E-state index in [1.54, 1.807) is 6.92 Å². The summed E-state index contributed by atoms with van der Waals surface area (Å²) in [5, 5.41) is 8.54. The summed E-state index contributed by atoms with van der Waals surface area (Å²) >= 11 is 0.680. The maximum atomic E-state index is 12.4. The number of carbonyl (C=O) groups is 1. The molecule has 1 aliphatic heterocycles. The highest BCUT2D eigenvalue weighted by molar-refractivity contribution is 7.91. The van der Waals surface area contributed by atoms with Crippen molar-refractivity contribution in [1.82, 2.24) is 9.29 Å². The minimum absolute atomic E-state index is 0.0393. The molecule has 10 heteroatoms. The van der Waals surface area contributed by atoms with Crippen molar-refractivity contribution in [2.75, 3.05) is 19.7 Å². The zero-order valence-electron chi connectivity index (χ0n) is 11.4. The van der Waals surface area contributed by atoms with Gasteiger partial charge in [-0.05, 0) is 19.8 Å². The lowest BCUT2D eigenvalue weighted by molar-refractivity contribution is -0.145. The molecule has 1 aromatic rings. The normalized spacial score (nSPS) is 18.0. The first-order chi connectivity index (χ1) is 9.80. The molecule has 2 N–H and O–H groups in total. The van der Waals surface area contributed by atoms with E-state index in [0.29, 0.717) is 29.9 Å². The van der Waals surface area contributed by atoms with Crippen LogP contribution in [0.3, 0.4) is 0 Å². The number of carboxylic acids is 1. The van der Waals surface area contributed by atoms with Gasteiger partial charge in [0.25, 0.3) is 10.0 Å². The molecule has 0 spiro atoms. The van der Waals surface area contributed by atoms with Gasteiger partial charge < -0.3 is 14.8 Å². The largest absolute Gasteiger partial charge is 0.480 e. The number of carboxylic acid groups (broad SMARTS) is 1. The molecule has 0 unspecified atom stereocenters. The van der Waals surface area contributed by atoms with Crippen molar-refractivity contribution in [1.29, 1.82) is 0 Å². The van der Waals surface area contributed by atoms with Gasteiger partial charge in [0.15, 0.2) is 4.21 Å². The van der Waals surface area contributed by atoms with E-state index in [9.17, 15) is 18.0 Å². The first-order valence-electron chi connectivity index (χ1n) is 6.34. The molecule has 21 heavy (non-hydrogen) atoms. The minimum Gasteiger partial charge on any atom is -0.480 e. The molecule has 0 atom stereocenters. The summed E-state index contributed by atoms with van der Waals surface area (Å²) in [7, 11) is -3.68. The summed E-state index contributed by atoms with van der Waals surface area (Å²) < 4.78 is 31.4. The van der Waals surface area contributed by atoms with Gasteiger partial charge in [-0.15, -0.1) is 0 Å². The average Bonchev–Trinajstić information content (AvgIpc) is 2.76. The summed E-state index contributed by atoms with van der Waals surface area (Å²) in [5.41, 5.74) is 0.342. The molecule has 0 aliphatic carbocycles. The first-order valence-corrected chi connectivity index (χ1v) is 8.59. The molecular formula is C11H16N2O6S2. The predicted octanol–water partition coefficient (Wildman–Crippen LogP) is -0.000880. The zero-order chi connectivity index (χ0) is 15.6. The van der Waals surface area contributed by atoms with Gasteiger partial charge in [-0.3, -0.25) is 4.79 Å². The molecule has 1 aromatic heterocycles. The van der Waals surface area contributed by atoms with Crippen LogP contribution >= 0.6 is 11.3 Å². The smallest absolute Gasteiger partial charge is 0.329 e. The Balaban J connectivity index is 2.03. The monoisotopic (exact) mass is 336 g/mol. The standard InChI is InChI=1S/C11H16N2O6S2/c1-7-10(20-11(16)12-7)21(17,18)13-4-2-8(3-5-13)19-6-9(14)15/h8H,2-6H2,1H3,(H,12,16)(H,14,15). The molecule has 1 aliphatic rings. The number of hydrogen-bond acceptors (Lipinski definition) is 6. The van der Waals surface area contributed by atoms with Gasteiger partial charge in [0.2, 0.25) is 0 Å². The fourth-order valence-electron chi connectivity index (χ4n) is 2.18. The summed E-state index contributed by atoms with van der Waals surface area (Å²) in [6.45, 7) is 1.67. The van der Waals surface area contributed by atoms with Gasteiger partial charge in [-0.25, -0.2) is 13.2 Å². The molecule has 2 rings (SSSR count). The van der Waals surface area contributed by atoms with Crippen LogP contribution in [0.25, 0.3) is 0 Å². The molecule has 0 saturated carbocycles. The number of aryl methyl sites for hydroxylation is 1. The lowest BCUT2D eigenvalue weighted by Gasteiger charge is -2.30. The SMILES string of the molecule is Cc1[nH]c(=O)sc1S(=O)(=O)N1CCC(OCC(=O)O)CC1. The maximum Gasteiger partial charge on any atom is 0.329 e. The third-order valence-electron chi connectivity index (χ3n) is 3.20. The maximum absolute atomic E-state index is 12.4. The molecule has 118 valence electrons. The van der Waals surface area contributed by atoms with Crippen molar-refractivity contribution < 1.29 is 23.1 Å². The number of piperidine rings is 1. The summed E-state index contributed by atoms with van der Waals surface area (Å²) in [6.07, 6.45) is 0.620. The van der Waals surface area contributed by atoms with E-state index in [4.69, 9.17) is 9.84 Å². The van der Waals surface area contributed by atoms with E-state index in [1.165, 1.54) is 4.31 Å². The fourth-order valence-corrected chi connectivity index (χ4v) is 5.09. The van der Waals surface area contributed by atoms with Crippen LogP contribution < -0.4 is 4.87 Å². The van der Waals surface area contributed by atoms with Gasteiger partial charge >= 0.3 is 10.8 Å². The molecule has 8 nitrogen and oxygen atoms in total. The number of aromatic amines is 1. The predicted molar refractivity (Wildman–Crippen MR) is 75.0 cm³/mol. The molecule has 1 fully saturated rings. The highest BCUT2D eigenvalue weighted by atomic mass is 32.2. The second kappa shape index (κ2) is 6.26. The number of ether oxygens (including phenoxy) is 1. The van der Waals surface area contributed by atoms with Crippen molar-refractivity contribution >= 4 is 27.3 Å². The summed E-state index contributed by atoms with van der Waals surface area (Å²) in [5.74, 6) is -1.04. The Morgan fingerprint density at radius 3 is 2.57 bits per heavy atom. The van der Waals surface area contributed by atoms with Crippen LogP contribution in [0.1, 0.15) is 18.5 Å². The van der Waals surface area contributed by atoms with E-state index >= 15 is 0 Å². The summed E-state index contributed by atoms with van der Waals surface area (Å²) in [4.78, 5) is 23.7. The van der Waals surface area contributed by atoms with Gasteiger partial charge in [-0.2, -0.15) is 4.31 Å². The van der Waals surface area contributed by atoms with E-state index in [2.05, 4.69) is 4.98 Å². The van der Waals surface area contributed by atoms with Crippen molar-refractivity contribution in [3.8, 4) is 0 Å². The topological polar surface area (TPSA) is 117 Å². The van der Waals surface area contributed by atoms with E-state index < -0.39 is 20.9 Å². The Morgan fingerprint density at radius 2 is 2.10 bits per heavy atom. The molecule has 0 radical (unpaired) electrons. The van der Waals surface area contributed by atoms with Crippen LogP contribution in [0.15, 0.2) is 9.00 Å². The van der Waals surface area contributed by atoms with Crippen molar-refractivity contribution in [3.63, 3.8) is 0 Å². The van der Waals surface area contributed by atoms with Gasteiger partial charge in [0, 0.05) is 18.8 Å². The highest BCUT2D eigenvalue weighted by Crippen LogP contribution is 2.25. The van der Waals surface area contributed by atoms with Crippen molar-refractivity contribution in [2.24, 2.45) is 0 Å². The lowest BCUT2D eigenvalue weighted by Crippen LogP contribution is -2.41. The molecule has 0 amide bonds. The van der Waals surface area contributed by atoms with E-state index in [0.717, 1.165) is 0 Å². The fraction of sp³-hybridized carbons (Fsp3) is 0.636. The van der Waals surface area contributed by atoms with Gasteiger partial charge in [-0.1, -0.05) is 11.3 Å². The number of thiazole rings is 1. The third kappa shape index (κ3) is 3.70. The molecule has 2 heterocycles. The Hall–Kier alpha value is -1.23. The number of rotatable bonds is 5. The number of nitrogens with zero attached hydrogens (tertiary/aromatic N) is 1. The van der Waals surface area contributed by atoms with Crippen LogP contribution in [0.5, 0.6) is 0 Å². The average molecular weight is 336 g/mol. The Kier molecular flexibility index (Phi) is 4.81.